The van der Waals surface area contributed by atoms with Gasteiger partial charge in [0, 0.05) is 33.4 Å². The van der Waals surface area contributed by atoms with Crippen LogP contribution < -0.4 is 10.6 Å². The average molecular weight is 357 g/mol. The van der Waals surface area contributed by atoms with Gasteiger partial charge in [0.25, 0.3) is 0 Å². The fourth-order valence-corrected chi connectivity index (χ4v) is 1.19. The van der Waals surface area contributed by atoms with E-state index >= 15 is 0 Å². The van der Waals surface area contributed by atoms with E-state index in [1.807, 2.05) is 0 Å². The molecule has 17 heavy (non-hydrogen) atoms. The van der Waals surface area contributed by atoms with E-state index < -0.39 is 0 Å². The van der Waals surface area contributed by atoms with Gasteiger partial charge in [-0.25, -0.2) is 0 Å². The van der Waals surface area contributed by atoms with Crippen molar-refractivity contribution in [1.29, 1.82) is 0 Å². The van der Waals surface area contributed by atoms with Gasteiger partial charge < -0.3 is 15.4 Å². The average Bonchev–Trinajstić information content (AvgIpc) is 2.32. The maximum absolute atomic E-state index is 5.47. The van der Waals surface area contributed by atoms with Gasteiger partial charge in [-0.2, -0.15) is 0 Å². The van der Waals surface area contributed by atoms with Crippen molar-refractivity contribution in [1.82, 2.24) is 10.6 Å². The van der Waals surface area contributed by atoms with Crippen LogP contribution in [0.5, 0.6) is 0 Å². The standard InChI is InChI=1S/C12H27N3O.HI/c1-4-6-10-16-11-7-9-15-12(13-3)14-8-5-2;/h4-11H2,1-3H3,(H2,13,14,15);1H. The predicted octanol–water partition coefficient (Wildman–Crippen LogP) is 2.39. The summed E-state index contributed by atoms with van der Waals surface area (Å²) in [6.45, 7) is 7.91. The van der Waals surface area contributed by atoms with Crippen LogP contribution in [-0.2, 0) is 4.74 Å². The third-order valence-electron chi connectivity index (χ3n) is 2.17. The monoisotopic (exact) mass is 357 g/mol. The summed E-state index contributed by atoms with van der Waals surface area (Å²) in [5.74, 6) is 0.885. The Morgan fingerprint density at radius 2 is 1.65 bits per heavy atom. The van der Waals surface area contributed by atoms with Crippen LogP contribution >= 0.6 is 24.0 Å². The van der Waals surface area contributed by atoms with E-state index in [1.54, 1.807) is 7.05 Å². The van der Waals surface area contributed by atoms with Crippen LogP contribution in [-0.4, -0.2) is 39.3 Å². The van der Waals surface area contributed by atoms with Gasteiger partial charge in [-0.15, -0.1) is 24.0 Å². The van der Waals surface area contributed by atoms with Gasteiger partial charge in [-0.3, -0.25) is 4.99 Å². The first-order valence-electron chi connectivity index (χ1n) is 6.37. The molecule has 0 fully saturated rings. The lowest BCUT2D eigenvalue weighted by atomic mass is 10.4. The summed E-state index contributed by atoms with van der Waals surface area (Å²) in [4.78, 5) is 4.13. The summed E-state index contributed by atoms with van der Waals surface area (Å²) in [5, 5.41) is 6.48. The molecule has 0 heterocycles. The Balaban J connectivity index is 0. The van der Waals surface area contributed by atoms with Crippen molar-refractivity contribution < 1.29 is 4.74 Å². The Morgan fingerprint density at radius 3 is 2.24 bits per heavy atom. The smallest absolute Gasteiger partial charge is 0.190 e. The number of halogens is 1. The Bertz CT molecular complexity index is 177. The Morgan fingerprint density at radius 1 is 1.00 bits per heavy atom. The van der Waals surface area contributed by atoms with Crippen molar-refractivity contribution in [2.45, 2.75) is 39.5 Å². The number of aliphatic imine (C=N–C) groups is 1. The van der Waals surface area contributed by atoms with Crippen molar-refractivity contribution in [3.05, 3.63) is 0 Å². The van der Waals surface area contributed by atoms with Crippen LogP contribution in [0.15, 0.2) is 4.99 Å². The van der Waals surface area contributed by atoms with Crippen LogP contribution in [0.25, 0.3) is 0 Å². The Labute approximate surface area is 123 Å². The number of unbranched alkanes of at least 4 members (excludes halogenated alkanes) is 1. The minimum atomic E-state index is 0. The largest absolute Gasteiger partial charge is 0.381 e. The fraction of sp³-hybridized carbons (Fsp3) is 0.917. The number of nitrogens with zero attached hydrogens (tertiary/aromatic N) is 1. The molecule has 0 atom stereocenters. The molecule has 0 saturated heterocycles. The lowest BCUT2D eigenvalue weighted by Crippen LogP contribution is -2.38. The molecule has 104 valence electrons. The van der Waals surface area contributed by atoms with Crippen LogP contribution in [0.4, 0.5) is 0 Å². The van der Waals surface area contributed by atoms with Gasteiger partial charge in [0.15, 0.2) is 5.96 Å². The van der Waals surface area contributed by atoms with E-state index in [-0.39, 0.29) is 24.0 Å². The summed E-state index contributed by atoms with van der Waals surface area (Å²) < 4.78 is 5.47. The quantitative estimate of drug-likeness (QED) is 0.288. The summed E-state index contributed by atoms with van der Waals surface area (Å²) in [6.07, 6.45) is 4.50. The van der Waals surface area contributed by atoms with Crippen LogP contribution in [0.3, 0.4) is 0 Å². The minimum absolute atomic E-state index is 0. The molecule has 0 aromatic carbocycles. The second kappa shape index (κ2) is 16.0. The highest BCUT2D eigenvalue weighted by atomic mass is 127. The molecule has 0 bridgehead atoms. The number of nitrogens with one attached hydrogen (secondary N) is 2. The summed E-state index contributed by atoms with van der Waals surface area (Å²) in [6, 6.07) is 0. The van der Waals surface area contributed by atoms with Gasteiger partial charge in [0.05, 0.1) is 0 Å². The zero-order chi connectivity index (χ0) is 12.1. The maximum Gasteiger partial charge on any atom is 0.190 e. The van der Waals surface area contributed by atoms with Gasteiger partial charge >= 0.3 is 0 Å². The Hall–Kier alpha value is -0.0400. The highest BCUT2D eigenvalue weighted by Gasteiger charge is 1.94. The van der Waals surface area contributed by atoms with E-state index in [1.165, 1.54) is 6.42 Å². The number of hydrogen-bond donors (Lipinski definition) is 2. The molecule has 0 aromatic rings. The maximum atomic E-state index is 5.47. The third-order valence-corrected chi connectivity index (χ3v) is 2.17. The first kappa shape index (κ1) is 19.3. The molecule has 5 heteroatoms. The zero-order valence-electron chi connectivity index (χ0n) is 11.4. The highest BCUT2D eigenvalue weighted by molar-refractivity contribution is 14.0. The van der Waals surface area contributed by atoms with Crippen molar-refractivity contribution in [3.8, 4) is 0 Å². The molecule has 0 amide bonds. The predicted molar refractivity (Wildman–Crippen MR) is 85.4 cm³/mol. The molecule has 0 rings (SSSR count). The van der Waals surface area contributed by atoms with E-state index in [2.05, 4.69) is 29.5 Å². The molecular weight excluding hydrogens is 329 g/mol. The van der Waals surface area contributed by atoms with Crippen molar-refractivity contribution >= 4 is 29.9 Å². The zero-order valence-corrected chi connectivity index (χ0v) is 13.8. The number of guanidine groups is 1. The molecule has 4 nitrogen and oxygen atoms in total. The highest BCUT2D eigenvalue weighted by Crippen LogP contribution is 1.89. The van der Waals surface area contributed by atoms with Crippen molar-refractivity contribution in [3.63, 3.8) is 0 Å². The number of hydrogen-bond acceptors (Lipinski definition) is 2. The normalized spacial score (nSPS) is 10.9. The topological polar surface area (TPSA) is 45.6 Å². The molecule has 0 saturated carbocycles. The summed E-state index contributed by atoms with van der Waals surface area (Å²) in [5.41, 5.74) is 0. The van der Waals surface area contributed by atoms with Gasteiger partial charge in [-0.1, -0.05) is 20.3 Å². The number of rotatable bonds is 9. The first-order valence-corrected chi connectivity index (χ1v) is 6.37. The molecule has 0 aliphatic rings. The molecule has 0 spiro atoms. The molecular formula is C12H28IN3O. The second-order valence-corrected chi connectivity index (χ2v) is 3.75. The summed E-state index contributed by atoms with van der Waals surface area (Å²) >= 11 is 0. The molecule has 2 N–H and O–H groups in total. The third kappa shape index (κ3) is 13.9. The SMILES string of the molecule is CCCCOCCCNC(=NC)NCCC.I. The molecule has 0 aliphatic carbocycles. The van der Waals surface area contributed by atoms with Crippen LogP contribution in [0, 0.1) is 0 Å². The van der Waals surface area contributed by atoms with Gasteiger partial charge in [0.1, 0.15) is 0 Å². The van der Waals surface area contributed by atoms with E-state index in [4.69, 9.17) is 4.74 Å². The number of ether oxygens (including phenoxy) is 1. The van der Waals surface area contributed by atoms with E-state index in [0.717, 1.165) is 51.5 Å². The van der Waals surface area contributed by atoms with Gasteiger partial charge in [0.2, 0.25) is 0 Å². The van der Waals surface area contributed by atoms with Crippen molar-refractivity contribution in [2.24, 2.45) is 4.99 Å². The molecule has 0 aliphatic heterocycles. The first-order chi connectivity index (χ1) is 7.85. The lowest BCUT2D eigenvalue weighted by Gasteiger charge is -2.10. The van der Waals surface area contributed by atoms with E-state index in [9.17, 15) is 0 Å². The molecule has 0 radical (unpaired) electrons. The Kier molecular flexibility index (Phi) is 18.1. The van der Waals surface area contributed by atoms with Crippen LogP contribution in [0.1, 0.15) is 39.5 Å². The minimum Gasteiger partial charge on any atom is -0.381 e. The molecule has 0 aromatic heterocycles. The fourth-order valence-electron chi connectivity index (χ4n) is 1.19. The second-order valence-electron chi connectivity index (χ2n) is 3.75. The summed E-state index contributed by atoms with van der Waals surface area (Å²) in [7, 11) is 1.79. The molecule has 0 unspecified atom stereocenters. The van der Waals surface area contributed by atoms with Crippen molar-refractivity contribution in [2.75, 3.05) is 33.4 Å². The van der Waals surface area contributed by atoms with E-state index in [0.29, 0.717) is 0 Å². The van der Waals surface area contributed by atoms with Crippen LogP contribution in [0.2, 0.25) is 0 Å². The van der Waals surface area contributed by atoms with Gasteiger partial charge in [-0.05, 0) is 19.3 Å². The lowest BCUT2D eigenvalue weighted by molar-refractivity contribution is 0.129.